The Morgan fingerprint density at radius 1 is 1.40 bits per heavy atom. The Balaban J connectivity index is 2.77. The van der Waals surface area contributed by atoms with Crippen LogP contribution in [0.3, 0.4) is 0 Å². The highest BCUT2D eigenvalue weighted by Gasteiger charge is 2.11. The van der Waals surface area contributed by atoms with E-state index in [1.54, 1.807) is 6.07 Å². The molecule has 0 aliphatic rings. The van der Waals surface area contributed by atoms with Crippen LogP contribution < -0.4 is 10.1 Å². The van der Waals surface area contributed by atoms with Gasteiger partial charge in [0.2, 0.25) is 0 Å². The highest BCUT2D eigenvalue weighted by molar-refractivity contribution is 5.43. The lowest BCUT2D eigenvalue weighted by atomic mass is 10.1. The monoisotopic (exact) mass is 282 g/mol. The van der Waals surface area contributed by atoms with Gasteiger partial charge in [-0.3, -0.25) is 10.1 Å². The van der Waals surface area contributed by atoms with Crippen molar-refractivity contribution in [3.63, 3.8) is 0 Å². The first-order valence-corrected chi connectivity index (χ1v) is 6.73. The van der Waals surface area contributed by atoms with Crippen molar-refractivity contribution in [3.8, 4) is 5.75 Å². The van der Waals surface area contributed by atoms with Crippen LogP contribution in [0.5, 0.6) is 5.75 Å². The van der Waals surface area contributed by atoms with Crippen LogP contribution >= 0.6 is 0 Å². The second kappa shape index (κ2) is 8.50. The molecule has 1 aromatic carbocycles. The number of nitro groups is 1. The number of nitrogens with one attached hydrogen (secondary N) is 1. The third-order valence-electron chi connectivity index (χ3n) is 2.62. The fourth-order valence-corrected chi connectivity index (χ4v) is 1.64. The number of nitro benzene ring substituents is 1. The zero-order valence-electron chi connectivity index (χ0n) is 12.2. The van der Waals surface area contributed by atoms with Crippen LogP contribution in [-0.4, -0.2) is 24.9 Å². The first kappa shape index (κ1) is 16.4. The number of rotatable bonds is 9. The summed E-state index contributed by atoms with van der Waals surface area (Å²) >= 11 is 0. The molecular weight excluding hydrogens is 260 g/mol. The van der Waals surface area contributed by atoms with Crippen LogP contribution in [0.15, 0.2) is 18.2 Å². The van der Waals surface area contributed by atoms with Gasteiger partial charge in [-0.1, -0.05) is 13.8 Å². The Morgan fingerprint density at radius 2 is 2.15 bits per heavy atom. The molecule has 6 heteroatoms. The molecule has 0 aliphatic carbocycles. The highest BCUT2D eigenvalue weighted by atomic mass is 16.7. The Kier molecular flexibility index (Phi) is 6.97. The van der Waals surface area contributed by atoms with E-state index in [0.29, 0.717) is 24.8 Å². The molecule has 0 aliphatic heterocycles. The summed E-state index contributed by atoms with van der Waals surface area (Å²) in [6.45, 7) is 8.17. The molecule has 0 atom stereocenters. The molecule has 0 radical (unpaired) electrons. The van der Waals surface area contributed by atoms with Crippen LogP contribution in [0.2, 0.25) is 0 Å². The molecule has 0 fully saturated rings. The van der Waals surface area contributed by atoms with E-state index in [-0.39, 0.29) is 12.5 Å². The molecular formula is C14H22N2O4. The molecule has 1 N–H and O–H groups in total. The van der Waals surface area contributed by atoms with E-state index in [1.165, 1.54) is 12.1 Å². The van der Waals surface area contributed by atoms with Gasteiger partial charge in [-0.25, -0.2) is 0 Å². The molecule has 0 bridgehead atoms. The van der Waals surface area contributed by atoms with Gasteiger partial charge in [-0.15, -0.1) is 0 Å². The molecule has 0 amide bonds. The number of hydrogen-bond donors (Lipinski definition) is 1. The summed E-state index contributed by atoms with van der Waals surface area (Å²) in [6, 6.07) is 4.59. The second-order valence-electron chi connectivity index (χ2n) is 4.83. The molecule has 0 unspecified atom stereocenters. The first-order valence-electron chi connectivity index (χ1n) is 6.73. The van der Waals surface area contributed by atoms with Crippen molar-refractivity contribution in [2.45, 2.75) is 27.3 Å². The molecule has 1 rings (SSSR count). The van der Waals surface area contributed by atoms with E-state index in [1.807, 2.05) is 6.92 Å². The first-order chi connectivity index (χ1) is 9.54. The van der Waals surface area contributed by atoms with Gasteiger partial charge in [0.05, 0.1) is 4.92 Å². The topological polar surface area (TPSA) is 73.6 Å². The predicted molar refractivity (Wildman–Crippen MR) is 76.8 cm³/mol. The van der Waals surface area contributed by atoms with Crippen molar-refractivity contribution in [1.82, 2.24) is 5.32 Å². The zero-order chi connectivity index (χ0) is 15.0. The quantitative estimate of drug-likeness (QED) is 0.326. The van der Waals surface area contributed by atoms with Gasteiger partial charge in [0.1, 0.15) is 5.75 Å². The Labute approximate surface area is 119 Å². The van der Waals surface area contributed by atoms with E-state index < -0.39 is 4.92 Å². The molecule has 1 aromatic rings. The van der Waals surface area contributed by atoms with E-state index >= 15 is 0 Å². The van der Waals surface area contributed by atoms with Crippen molar-refractivity contribution in [3.05, 3.63) is 33.9 Å². The van der Waals surface area contributed by atoms with Gasteiger partial charge in [0.25, 0.3) is 5.69 Å². The van der Waals surface area contributed by atoms with Crippen LogP contribution in [0.1, 0.15) is 26.3 Å². The molecule has 0 spiro atoms. The minimum Gasteiger partial charge on any atom is -0.467 e. The summed E-state index contributed by atoms with van der Waals surface area (Å²) in [4.78, 5) is 10.4. The maximum atomic E-state index is 10.8. The van der Waals surface area contributed by atoms with E-state index in [2.05, 4.69) is 19.2 Å². The summed E-state index contributed by atoms with van der Waals surface area (Å²) in [5.74, 6) is 1.13. The molecule has 6 nitrogen and oxygen atoms in total. The normalized spacial score (nSPS) is 10.8. The Bertz CT molecular complexity index is 435. The summed E-state index contributed by atoms with van der Waals surface area (Å²) in [7, 11) is 0. The van der Waals surface area contributed by atoms with Crippen LogP contribution in [0.4, 0.5) is 5.69 Å². The maximum Gasteiger partial charge on any atom is 0.270 e. The van der Waals surface area contributed by atoms with E-state index in [4.69, 9.17) is 9.47 Å². The van der Waals surface area contributed by atoms with Crippen molar-refractivity contribution in [1.29, 1.82) is 0 Å². The minimum atomic E-state index is -0.404. The number of hydrogen-bond acceptors (Lipinski definition) is 5. The molecule has 0 saturated heterocycles. The zero-order valence-corrected chi connectivity index (χ0v) is 12.2. The van der Waals surface area contributed by atoms with Gasteiger partial charge < -0.3 is 14.8 Å². The van der Waals surface area contributed by atoms with Crippen LogP contribution in [0, 0.1) is 16.0 Å². The Morgan fingerprint density at radius 3 is 2.75 bits per heavy atom. The van der Waals surface area contributed by atoms with Crippen molar-refractivity contribution < 1.29 is 14.4 Å². The van der Waals surface area contributed by atoms with Crippen LogP contribution in [0.25, 0.3) is 0 Å². The lowest BCUT2D eigenvalue weighted by Crippen LogP contribution is -2.19. The lowest BCUT2D eigenvalue weighted by molar-refractivity contribution is -0.384. The van der Waals surface area contributed by atoms with Gasteiger partial charge in [0, 0.05) is 30.8 Å². The molecule has 20 heavy (non-hydrogen) atoms. The smallest absolute Gasteiger partial charge is 0.270 e. The largest absolute Gasteiger partial charge is 0.467 e. The number of ether oxygens (including phenoxy) is 2. The SMILES string of the molecule is CCOCOc1ccc([N+](=O)[O-])cc1CNCC(C)C. The fraction of sp³-hybridized carbons (Fsp3) is 0.571. The minimum absolute atomic E-state index is 0.0649. The number of benzene rings is 1. The standard InChI is InChI=1S/C14H22N2O4/c1-4-19-10-20-14-6-5-13(16(17)18)7-12(14)9-15-8-11(2)3/h5-7,11,15H,4,8-10H2,1-3H3. The second-order valence-corrected chi connectivity index (χ2v) is 4.83. The maximum absolute atomic E-state index is 10.8. The lowest BCUT2D eigenvalue weighted by Gasteiger charge is -2.13. The summed E-state index contributed by atoms with van der Waals surface area (Å²) in [5.41, 5.74) is 0.828. The molecule has 0 aromatic heterocycles. The van der Waals surface area contributed by atoms with E-state index in [0.717, 1.165) is 12.1 Å². The molecule has 0 heterocycles. The Hall–Kier alpha value is -1.66. The summed E-state index contributed by atoms with van der Waals surface area (Å²) in [5, 5.41) is 14.1. The van der Waals surface area contributed by atoms with Crippen LogP contribution in [-0.2, 0) is 11.3 Å². The van der Waals surface area contributed by atoms with Gasteiger partial charge in [-0.2, -0.15) is 0 Å². The van der Waals surface area contributed by atoms with Crippen molar-refractivity contribution in [2.24, 2.45) is 5.92 Å². The third-order valence-corrected chi connectivity index (χ3v) is 2.62. The predicted octanol–water partition coefficient (Wildman–Crippen LogP) is 2.71. The van der Waals surface area contributed by atoms with Gasteiger partial charge in [-0.05, 0) is 25.5 Å². The highest BCUT2D eigenvalue weighted by Crippen LogP contribution is 2.24. The number of non-ortho nitro benzene ring substituents is 1. The average Bonchev–Trinajstić information content (AvgIpc) is 2.39. The summed E-state index contributed by atoms with van der Waals surface area (Å²) in [6.07, 6.45) is 0. The molecule has 112 valence electrons. The third kappa shape index (κ3) is 5.54. The van der Waals surface area contributed by atoms with Gasteiger partial charge in [0.15, 0.2) is 6.79 Å². The van der Waals surface area contributed by atoms with Crippen molar-refractivity contribution >= 4 is 5.69 Å². The number of nitrogens with zero attached hydrogens (tertiary/aromatic N) is 1. The molecule has 0 saturated carbocycles. The van der Waals surface area contributed by atoms with E-state index in [9.17, 15) is 10.1 Å². The van der Waals surface area contributed by atoms with Gasteiger partial charge >= 0.3 is 0 Å². The summed E-state index contributed by atoms with van der Waals surface area (Å²) < 4.78 is 10.6. The van der Waals surface area contributed by atoms with Crippen molar-refractivity contribution in [2.75, 3.05) is 19.9 Å². The average molecular weight is 282 g/mol. The fourth-order valence-electron chi connectivity index (χ4n) is 1.64.